The minimum Gasteiger partial charge on any atom is -0.451 e. The maximum atomic E-state index is 13.2. The molecular formula is C29H27Cl2N5O4. The first-order chi connectivity index (χ1) is 19.4. The zero-order valence-corrected chi connectivity index (χ0v) is 23.0. The van der Waals surface area contributed by atoms with Gasteiger partial charge >= 0.3 is 0 Å². The molecule has 1 aliphatic rings. The molecule has 1 aliphatic heterocycles. The van der Waals surface area contributed by atoms with Gasteiger partial charge in [-0.15, -0.1) is 0 Å². The molecule has 0 aliphatic carbocycles. The molecule has 11 heteroatoms. The van der Waals surface area contributed by atoms with Crippen LogP contribution in [0.2, 0.25) is 10.0 Å². The van der Waals surface area contributed by atoms with E-state index in [1.165, 1.54) is 0 Å². The van der Waals surface area contributed by atoms with Gasteiger partial charge in [-0.1, -0.05) is 29.3 Å². The van der Waals surface area contributed by atoms with Gasteiger partial charge in [0, 0.05) is 65.6 Å². The normalized spacial score (nSPS) is 14.2. The first-order valence-corrected chi connectivity index (χ1v) is 13.6. The van der Waals surface area contributed by atoms with Crippen LogP contribution >= 0.6 is 23.2 Å². The Morgan fingerprint density at radius 1 is 0.925 bits per heavy atom. The fourth-order valence-corrected chi connectivity index (χ4v) is 4.86. The van der Waals surface area contributed by atoms with Crippen molar-refractivity contribution in [2.75, 3.05) is 37.6 Å². The summed E-state index contributed by atoms with van der Waals surface area (Å²) in [6, 6.07) is 18.5. The number of carbonyl (C=O) groups excluding carboxylic acids is 3. The number of pyridine rings is 1. The average Bonchev–Trinajstić information content (AvgIpc) is 3.40. The van der Waals surface area contributed by atoms with E-state index in [2.05, 4.69) is 20.5 Å². The van der Waals surface area contributed by atoms with Crippen LogP contribution in [0.1, 0.15) is 16.2 Å². The molecule has 5 rings (SSSR count). The third-order valence-electron chi connectivity index (χ3n) is 6.70. The number of halogens is 2. The Morgan fingerprint density at radius 2 is 1.68 bits per heavy atom. The lowest BCUT2D eigenvalue weighted by Crippen LogP contribution is -2.53. The van der Waals surface area contributed by atoms with Gasteiger partial charge in [-0.25, -0.2) is 0 Å². The van der Waals surface area contributed by atoms with Gasteiger partial charge in [0.25, 0.3) is 5.91 Å². The van der Waals surface area contributed by atoms with Gasteiger partial charge in [-0.3, -0.25) is 19.4 Å². The second kappa shape index (κ2) is 12.4. The Balaban J connectivity index is 1.20. The number of benzene rings is 2. The van der Waals surface area contributed by atoms with E-state index in [1.807, 2.05) is 24.3 Å². The van der Waals surface area contributed by atoms with Crippen LogP contribution in [0.5, 0.6) is 0 Å². The summed E-state index contributed by atoms with van der Waals surface area (Å²) in [5, 5.41) is 7.28. The van der Waals surface area contributed by atoms with Crippen LogP contribution < -0.4 is 15.5 Å². The Bertz CT molecular complexity index is 1500. The molecular weight excluding hydrogens is 553 g/mol. The number of amides is 3. The van der Waals surface area contributed by atoms with Crippen molar-refractivity contribution in [2.45, 2.75) is 12.5 Å². The number of hydrogen-bond acceptors (Lipinski definition) is 6. The van der Waals surface area contributed by atoms with Crippen LogP contribution in [0.15, 0.2) is 77.3 Å². The van der Waals surface area contributed by atoms with Crippen LogP contribution in [0.4, 0.5) is 5.69 Å². The molecule has 4 aromatic rings. The van der Waals surface area contributed by atoms with E-state index in [-0.39, 0.29) is 24.6 Å². The first-order valence-electron chi connectivity index (χ1n) is 12.8. The maximum absolute atomic E-state index is 13.2. The molecule has 2 N–H and O–H groups in total. The number of anilines is 1. The highest BCUT2D eigenvalue weighted by Gasteiger charge is 2.26. The van der Waals surface area contributed by atoms with Gasteiger partial charge < -0.3 is 24.9 Å². The highest BCUT2D eigenvalue weighted by Crippen LogP contribution is 2.23. The van der Waals surface area contributed by atoms with Crippen LogP contribution in [-0.4, -0.2) is 66.4 Å². The molecule has 206 valence electrons. The number of nitrogens with zero attached hydrogens (tertiary/aromatic N) is 3. The lowest BCUT2D eigenvalue weighted by molar-refractivity contribution is -0.133. The lowest BCUT2D eigenvalue weighted by Gasteiger charge is -2.36. The molecule has 3 amide bonds. The molecule has 0 radical (unpaired) electrons. The van der Waals surface area contributed by atoms with Gasteiger partial charge in [-0.2, -0.15) is 0 Å². The van der Waals surface area contributed by atoms with Gasteiger partial charge in [0.1, 0.15) is 11.6 Å². The fourth-order valence-electron chi connectivity index (χ4n) is 4.56. The minimum absolute atomic E-state index is 0.0470. The topological polar surface area (TPSA) is 108 Å². The molecule has 40 heavy (non-hydrogen) atoms. The van der Waals surface area contributed by atoms with Crippen LogP contribution in [-0.2, 0) is 16.0 Å². The zero-order valence-electron chi connectivity index (χ0n) is 21.5. The van der Waals surface area contributed by atoms with Crippen molar-refractivity contribution < 1.29 is 18.8 Å². The number of hydrogen-bond donors (Lipinski definition) is 2. The van der Waals surface area contributed by atoms with Crippen molar-refractivity contribution in [2.24, 2.45) is 0 Å². The number of nitrogens with one attached hydrogen (secondary N) is 2. The smallest absolute Gasteiger partial charge is 0.287 e. The average molecular weight is 580 g/mol. The predicted molar refractivity (Wildman–Crippen MR) is 154 cm³/mol. The van der Waals surface area contributed by atoms with Gasteiger partial charge in [0.2, 0.25) is 11.8 Å². The van der Waals surface area contributed by atoms with Gasteiger partial charge in [0.05, 0.1) is 6.54 Å². The van der Waals surface area contributed by atoms with Crippen molar-refractivity contribution in [3.8, 4) is 0 Å². The summed E-state index contributed by atoms with van der Waals surface area (Å²) in [5.41, 5.74) is 2.16. The van der Waals surface area contributed by atoms with Crippen molar-refractivity contribution in [3.05, 3.63) is 94.4 Å². The van der Waals surface area contributed by atoms with Crippen molar-refractivity contribution in [3.63, 3.8) is 0 Å². The summed E-state index contributed by atoms with van der Waals surface area (Å²) < 4.78 is 5.65. The Hall–Kier alpha value is -4.08. The third-order valence-corrected chi connectivity index (χ3v) is 7.19. The molecule has 2 aromatic heterocycles. The molecule has 2 aromatic carbocycles. The van der Waals surface area contributed by atoms with Crippen molar-refractivity contribution in [1.29, 1.82) is 0 Å². The highest BCUT2D eigenvalue weighted by atomic mass is 35.5. The van der Waals surface area contributed by atoms with Crippen LogP contribution in [0.3, 0.4) is 0 Å². The number of rotatable bonds is 8. The summed E-state index contributed by atoms with van der Waals surface area (Å²) in [6.45, 7) is 2.21. The number of furan rings is 1. The molecule has 0 saturated carbocycles. The second-order valence-electron chi connectivity index (χ2n) is 9.41. The summed E-state index contributed by atoms with van der Waals surface area (Å²) in [5.74, 6) is -1.20. The Labute approximate surface area is 241 Å². The molecule has 1 saturated heterocycles. The zero-order chi connectivity index (χ0) is 28.1. The summed E-state index contributed by atoms with van der Waals surface area (Å²) in [6.07, 6.45) is 1.75. The standard InChI is InChI=1S/C29H27Cl2N5O4/c30-20-4-7-23(8-5-20)35-11-13-36(14-12-35)27(37)18-33-28(38)24(17-22-3-1-2-10-32-22)34-29(39)26-16-19-15-21(31)6-9-25(19)40-26/h1-10,15-16,24H,11-14,17-18H2,(H,33,38)(H,34,39). The number of piperazine rings is 1. The van der Waals surface area contributed by atoms with Crippen LogP contribution in [0.25, 0.3) is 11.0 Å². The van der Waals surface area contributed by atoms with E-state index in [0.717, 1.165) is 5.69 Å². The summed E-state index contributed by atoms with van der Waals surface area (Å²) in [4.78, 5) is 47.3. The van der Waals surface area contributed by atoms with Crippen molar-refractivity contribution in [1.82, 2.24) is 20.5 Å². The van der Waals surface area contributed by atoms with E-state index in [9.17, 15) is 14.4 Å². The molecule has 0 spiro atoms. The third kappa shape index (κ3) is 6.73. The fraction of sp³-hybridized carbons (Fsp3) is 0.241. The van der Waals surface area contributed by atoms with E-state index in [4.69, 9.17) is 27.6 Å². The largest absolute Gasteiger partial charge is 0.451 e. The molecule has 1 atom stereocenters. The van der Waals surface area contributed by atoms with Crippen LogP contribution in [0, 0.1) is 0 Å². The molecule has 1 fully saturated rings. The predicted octanol–water partition coefficient (Wildman–Crippen LogP) is 3.94. The molecule has 0 bridgehead atoms. The van der Waals surface area contributed by atoms with Gasteiger partial charge in [0.15, 0.2) is 5.76 Å². The monoisotopic (exact) mass is 579 g/mol. The molecule has 3 heterocycles. The second-order valence-corrected chi connectivity index (χ2v) is 10.3. The number of fused-ring (bicyclic) bond motifs is 1. The summed E-state index contributed by atoms with van der Waals surface area (Å²) in [7, 11) is 0. The Morgan fingerprint density at radius 3 is 2.40 bits per heavy atom. The lowest BCUT2D eigenvalue weighted by atomic mass is 10.1. The van der Waals surface area contributed by atoms with E-state index in [0.29, 0.717) is 52.9 Å². The minimum atomic E-state index is -0.978. The first kappa shape index (κ1) is 27.5. The molecule has 1 unspecified atom stereocenters. The van der Waals surface area contributed by atoms with Crippen molar-refractivity contribution >= 4 is 57.6 Å². The quantitative estimate of drug-likeness (QED) is 0.327. The number of carbonyl (C=O) groups is 3. The maximum Gasteiger partial charge on any atom is 0.287 e. The number of aromatic nitrogens is 1. The van der Waals surface area contributed by atoms with E-state index in [1.54, 1.807) is 53.6 Å². The summed E-state index contributed by atoms with van der Waals surface area (Å²) >= 11 is 12.0. The van der Waals surface area contributed by atoms with Gasteiger partial charge in [-0.05, 0) is 60.7 Å². The molecule has 9 nitrogen and oxygen atoms in total. The highest BCUT2D eigenvalue weighted by molar-refractivity contribution is 6.31. The SMILES string of the molecule is O=C(NC(Cc1ccccn1)C(=O)NCC(=O)N1CCN(c2ccc(Cl)cc2)CC1)c1cc2cc(Cl)ccc2o1. The van der Waals surface area contributed by atoms with E-state index >= 15 is 0 Å². The van der Waals surface area contributed by atoms with E-state index < -0.39 is 17.9 Å². The Kier molecular flexibility index (Phi) is 8.52.